The highest BCUT2D eigenvalue weighted by atomic mass is 16.5. The molecule has 0 amide bonds. The first kappa shape index (κ1) is 24.3. The van der Waals surface area contributed by atoms with Gasteiger partial charge in [0, 0.05) is 11.8 Å². The number of benzene rings is 3. The summed E-state index contributed by atoms with van der Waals surface area (Å²) in [6.07, 6.45) is 2.32. The minimum Gasteiger partial charge on any atom is -0.506 e. The van der Waals surface area contributed by atoms with E-state index in [1.54, 1.807) is 30.5 Å². The maximum absolute atomic E-state index is 11.9. The number of nitrogens with one attached hydrogen (secondary N) is 1. The Bertz CT molecular complexity index is 1420. The number of nitrogens with two attached hydrogens (primary N) is 1. The molecule has 1 aromatic heterocycles. The summed E-state index contributed by atoms with van der Waals surface area (Å²) >= 11 is 0. The highest BCUT2D eigenvalue weighted by Crippen LogP contribution is 2.39. The van der Waals surface area contributed by atoms with Gasteiger partial charge in [0.1, 0.15) is 18.1 Å². The number of aromatic nitrogens is 1. The van der Waals surface area contributed by atoms with Gasteiger partial charge >= 0.3 is 0 Å². The van der Waals surface area contributed by atoms with Crippen LogP contribution in [0.5, 0.6) is 11.5 Å². The third-order valence-corrected chi connectivity index (χ3v) is 5.65. The lowest BCUT2D eigenvalue weighted by atomic mass is 10.0. The molecule has 0 aliphatic rings. The standard InChI is InChI=1S/C28H25N5O3/c1-18(34)23-12-13-25(26(27(23)35)24-7-2-3-14-31-24)36-17-20-10-8-19(9-11-20)15-21-5-4-6-22(16-21)28(29)32-33-30/h2-14,16,35H,15,17H2,1H3,(H3,29,30,32). The van der Waals surface area contributed by atoms with E-state index in [9.17, 15) is 9.90 Å². The molecule has 4 N–H and O–H groups in total. The Balaban J connectivity index is 1.50. The fourth-order valence-electron chi connectivity index (χ4n) is 3.84. The molecule has 0 saturated heterocycles. The molecule has 0 bridgehead atoms. The average Bonchev–Trinajstić information content (AvgIpc) is 2.89. The third-order valence-electron chi connectivity index (χ3n) is 5.65. The average molecular weight is 480 g/mol. The van der Waals surface area contributed by atoms with Gasteiger partial charge in [-0.2, -0.15) is 5.53 Å². The van der Waals surface area contributed by atoms with E-state index in [-0.39, 0.29) is 29.5 Å². The first-order valence-corrected chi connectivity index (χ1v) is 11.2. The van der Waals surface area contributed by atoms with Crippen molar-refractivity contribution < 1.29 is 14.6 Å². The van der Waals surface area contributed by atoms with Crippen LogP contribution >= 0.6 is 0 Å². The second kappa shape index (κ2) is 11.1. The largest absolute Gasteiger partial charge is 0.506 e. The van der Waals surface area contributed by atoms with Gasteiger partial charge in [0.2, 0.25) is 0 Å². The van der Waals surface area contributed by atoms with Crippen LogP contribution in [-0.4, -0.2) is 21.7 Å². The molecule has 4 rings (SSSR count). The number of hydrogen-bond donors (Lipinski definition) is 3. The van der Waals surface area contributed by atoms with Crippen molar-refractivity contribution in [2.75, 3.05) is 0 Å². The first-order chi connectivity index (χ1) is 17.5. The maximum Gasteiger partial charge on any atom is 0.163 e. The third kappa shape index (κ3) is 5.61. The molecule has 0 aliphatic heterocycles. The molecular formula is C28H25N5O3. The van der Waals surface area contributed by atoms with E-state index in [0.717, 1.165) is 22.3 Å². The van der Waals surface area contributed by atoms with Crippen LogP contribution < -0.4 is 10.5 Å². The summed E-state index contributed by atoms with van der Waals surface area (Å²) in [7, 11) is 0. The molecule has 0 atom stereocenters. The van der Waals surface area contributed by atoms with Crippen LogP contribution in [0.15, 0.2) is 95.4 Å². The van der Waals surface area contributed by atoms with Crippen molar-refractivity contribution in [3.63, 3.8) is 0 Å². The molecule has 180 valence electrons. The molecule has 0 fully saturated rings. The lowest BCUT2D eigenvalue weighted by Gasteiger charge is -2.15. The first-order valence-electron chi connectivity index (χ1n) is 11.2. The van der Waals surface area contributed by atoms with Crippen molar-refractivity contribution in [2.24, 2.45) is 16.1 Å². The summed E-state index contributed by atoms with van der Waals surface area (Å²) in [5, 5.41) is 17.3. The van der Waals surface area contributed by atoms with E-state index < -0.39 is 0 Å². The van der Waals surface area contributed by atoms with E-state index >= 15 is 0 Å². The maximum atomic E-state index is 11.9. The van der Waals surface area contributed by atoms with Gasteiger partial charge in [0.05, 0.1) is 16.8 Å². The fourth-order valence-corrected chi connectivity index (χ4v) is 3.84. The van der Waals surface area contributed by atoms with E-state index in [4.69, 9.17) is 16.0 Å². The Morgan fingerprint density at radius 3 is 2.47 bits per heavy atom. The van der Waals surface area contributed by atoms with E-state index in [1.807, 2.05) is 54.6 Å². The Morgan fingerprint density at radius 2 is 1.78 bits per heavy atom. The van der Waals surface area contributed by atoms with Gasteiger partial charge in [-0.25, -0.2) is 0 Å². The Kier molecular flexibility index (Phi) is 7.45. The van der Waals surface area contributed by atoms with Gasteiger partial charge in [-0.15, -0.1) is 5.10 Å². The topological polar surface area (TPSA) is 134 Å². The Hall–Kier alpha value is -4.85. The fraction of sp³-hybridized carbons (Fsp3) is 0.107. The van der Waals surface area contributed by atoms with Gasteiger partial charge in [0.15, 0.2) is 11.6 Å². The minimum atomic E-state index is -0.237. The lowest BCUT2D eigenvalue weighted by molar-refractivity contribution is 0.101. The number of amidine groups is 1. The summed E-state index contributed by atoms with van der Waals surface area (Å²) < 4.78 is 6.05. The van der Waals surface area contributed by atoms with Crippen LogP contribution in [0.1, 0.15) is 39.5 Å². The van der Waals surface area contributed by atoms with E-state index in [1.165, 1.54) is 6.92 Å². The predicted octanol–water partition coefficient (Wildman–Crippen LogP) is 5.48. The molecular weight excluding hydrogens is 454 g/mol. The number of carbonyl (C=O) groups is 1. The van der Waals surface area contributed by atoms with Crippen LogP contribution in [0.3, 0.4) is 0 Å². The van der Waals surface area contributed by atoms with Crippen molar-refractivity contribution in [1.29, 1.82) is 5.53 Å². The molecule has 8 nitrogen and oxygen atoms in total. The van der Waals surface area contributed by atoms with Gasteiger partial charge in [-0.1, -0.05) is 53.8 Å². The highest BCUT2D eigenvalue weighted by molar-refractivity contribution is 6.00. The minimum absolute atomic E-state index is 0.140. The smallest absolute Gasteiger partial charge is 0.163 e. The molecule has 1 heterocycles. The molecule has 8 heteroatoms. The Morgan fingerprint density at radius 1 is 1.00 bits per heavy atom. The van der Waals surface area contributed by atoms with Gasteiger partial charge in [-0.3, -0.25) is 9.78 Å². The number of phenolic OH excluding ortho intramolecular Hbond substituents is 1. The second-order valence-electron chi connectivity index (χ2n) is 8.17. The number of phenols is 1. The van der Waals surface area contributed by atoms with E-state index in [2.05, 4.69) is 15.3 Å². The number of carbonyl (C=O) groups excluding carboxylic acids is 1. The zero-order valence-electron chi connectivity index (χ0n) is 19.7. The molecule has 36 heavy (non-hydrogen) atoms. The van der Waals surface area contributed by atoms with Crippen molar-refractivity contribution >= 4 is 11.6 Å². The molecule has 0 aliphatic carbocycles. The molecule has 0 unspecified atom stereocenters. The summed E-state index contributed by atoms with van der Waals surface area (Å²) in [5.41, 5.74) is 17.6. The summed E-state index contributed by atoms with van der Waals surface area (Å²) in [4.78, 5) is 16.3. The second-order valence-corrected chi connectivity index (χ2v) is 8.17. The number of ketones is 1. The number of rotatable bonds is 9. The molecule has 4 aromatic rings. The van der Waals surface area contributed by atoms with Crippen molar-refractivity contribution in [1.82, 2.24) is 4.98 Å². The van der Waals surface area contributed by atoms with Crippen molar-refractivity contribution in [2.45, 2.75) is 20.0 Å². The SMILES string of the molecule is CC(=O)c1ccc(OCc2ccc(Cc3cccc(C(N)=NN=N)c3)cc2)c(-c2ccccn2)c1O. The van der Waals surface area contributed by atoms with Crippen LogP contribution in [0.2, 0.25) is 0 Å². The molecule has 0 radical (unpaired) electrons. The van der Waals surface area contributed by atoms with Crippen LogP contribution in [-0.2, 0) is 13.0 Å². The van der Waals surface area contributed by atoms with Gasteiger partial charge in [0.25, 0.3) is 0 Å². The summed E-state index contributed by atoms with van der Waals surface area (Å²) in [6.45, 7) is 1.68. The predicted molar refractivity (Wildman–Crippen MR) is 137 cm³/mol. The Labute approximate surface area is 208 Å². The zero-order chi connectivity index (χ0) is 25.5. The van der Waals surface area contributed by atoms with Gasteiger partial charge in [-0.05, 0) is 60.4 Å². The number of pyridine rings is 1. The van der Waals surface area contributed by atoms with Gasteiger partial charge < -0.3 is 15.6 Å². The van der Waals surface area contributed by atoms with Crippen molar-refractivity contribution in [3.05, 3.63) is 113 Å². The van der Waals surface area contributed by atoms with E-state index in [0.29, 0.717) is 23.4 Å². The lowest BCUT2D eigenvalue weighted by Crippen LogP contribution is -2.12. The number of ether oxygens (including phenoxy) is 1. The number of nitrogens with zero attached hydrogens (tertiary/aromatic N) is 3. The van der Waals surface area contributed by atoms with Crippen LogP contribution in [0.4, 0.5) is 0 Å². The number of hydrogen-bond acceptors (Lipinski definition) is 6. The normalized spacial score (nSPS) is 11.2. The molecule has 3 aromatic carbocycles. The monoisotopic (exact) mass is 479 g/mol. The van der Waals surface area contributed by atoms with Crippen LogP contribution in [0, 0.1) is 5.53 Å². The highest BCUT2D eigenvalue weighted by Gasteiger charge is 2.19. The van der Waals surface area contributed by atoms with Crippen LogP contribution in [0.25, 0.3) is 11.3 Å². The quantitative estimate of drug-likeness (QED) is 0.0961. The zero-order valence-corrected chi connectivity index (χ0v) is 19.7. The summed E-state index contributed by atoms with van der Waals surface area (Å²) in [5.74, 6) is 0.264. The van der Waals surface area contributed by atoms with Crippen molar-refractivity contribution in [3.8, 4) is 22.8 Å². The number of aromatic hydroxyl groups is 1. The molecule has 0 spiro atoms. The number of Topliss-reactive ketones (excluding diaryl/α,β-unsaturated/α-hetero) is 1. The molecule has 0 saturated carbocycles. The summed E-state index contributed by atoms with van der Waals surface area (Å²) in [6, 6.07) is 24.3.